The number of carbonyl (C=O) groups excluding carboxylic acids is 1. The van der Waals surface area contributed by atoms with E-state index in [0.29, 0.717) is 25.2 Å². The monoisotopic (exact) mass is 331 g/mol. The zero-order chi connectivity index (χ0) is 17.0. The molecule has 132 valence electrons. The first-order valence-corrected chi connectivity index (χ1v) is 9.14. The number of ether oxygens (including phenoxy) is 1. The average molecular weight is 331 g/mol. The third kappa shape index (κ3) is 3.47. The van der Waals surface area contributed by atoms with Gasteiger partial charge in [0.2, 0.25) is 5.91 Å². The Kier molecular flexibility index (Phi) is 5.51. The molecule has 0 saturated heterocycles. The van der Waals surface area contributed by atoms with Crippen molar-refractivity contribution in [2.75, 3.05) is 20.2 Å². The summed E-state index contributed by atoms with van der Waals surface area (Å²) in [5.74, 6) is 0.0659. The Labute approximate surface area is 144 Å². The summed E-state index contributed by atoms with van der Waals surface area (Å²) in [6.07, 6.45) is 8.25. The topological polar surface area (TPSA) is 54.5 Å². The number of carbonyl (C=O) groups is 1. The lowest BCUT2D eigenvalue weighted by Crippen LogP contribution is -2.63. The molecular weight excluding hydrogens is 302 g/mol. The van der Waals surface area contributed by atoms with Crippen LogP contribution in [0.5, 0.6) is 0 Å². The molecule has 0 bridgehead atoms. The molecule has 1 aromatic heterocycles. The van der Waals surface area contributed by atoms with Crippen molar-refractivity contribution in [2.45, 2.75) is 57.7 Å². The molecule has 0 aliphatic heterocycles. The number of nitrogens with zero attached hydrogens (tertiary/aromatic N) is 2. The molecule has 0 radical (unpaired) electrons. The molecule has 2 fully saturated rings. The van der Waals surface area contributed by atoms with E-state index < -0.39 is 0 Å². The summed E-state index contributed by atoms with van der Waals surface area (Å²) in [5.41, 5.74) is 1.17. The summed E-state index contributed by atoms with van der Waals surface area (Å²) in [5, 5.41) is 2.97. The van der Waals surface area contributed by atoms with Crippen LogP contribution in [0.3, 0.4) is 0 Å². The van der Waals surface area contributed by atoms with E-state index in [4.69, 9.17) is 4.74 Å². The highest BCUT2D eigenvalue weighted by Gasteiger charge is 2.57. The lowest BCUT2D eigenvalue weighted by molar-refractivity contribution is -0.163. The maximum absolute atomic E-state index is 12.3. The minimum Gasteiger partial charge on any atom is -0.378 e. The van der Waals surface area contributed by atoms with Gasteiger partial charge in [-0.3, -0.25) is 14.7 Å². The number of hydrogen-bond acceptors (Lipinski definition) is 4. The van der Waals surface area contributed by atoms with E-state index in [1.54, 1.807) is 6.20 Å². The summed E-state index contributed by atoms with van der Waals surface area (Å²) in [6.45, 7) is 3.79. The number of rotatable bonds is 7. The van der Waals surface area contributed by atoms with Gasteiger partial charge in [-0.25, -0.2) is 0 Å². The normalized spacial score (nSPS) is 25.0. The van der Waals surface area contributed by atoms with Crippen LogP contribution in [-0.4, -0.2) is 48.1 Å². The molecule has 5 heteroatoms. The highest BCUT2D eigenvalue weighted by atomic mass is 16.5. The molecule has 1 spiro atoms. The lowest BCUT2D eigenvalue weighted by atomic mass is 9.60. The largest absolute Gasteiger partial charge is 0.378 e. The van der Waals surface area contributed by atoms with Crippen LogP contribution < -0.4 is 5.32 Å². The van der Waals surface area contributed by atoms with Gasteiger partial charge >= 0.3 is 0 Å². The van der Waals surface area contributed by atoms with E-state index in [2.05, 4.69) is 29.2 Å². The minimum absolute atomic E-state index is 0.0659. The molecule has 5 nitrogen and oxygen atoms in total. The Bertz CT molecular complexity index is 543. The van der Waals surface area contributed by atoms with Crippen LogP contribution in [0.1, 0.15) is 44.7 Å². The summed E-state index contributed by atoms with van der Waals surface area (Å²) in [4.78, 5) is 18.7. The fourth-order valence-electron chi connectivity index (χ4n) is 4.55. The van der Waals surface area contributed by atoms with Gasteiger partial charge in [0.05, 0.1) is 24.9 Å². The van der Waals surface area contributed by atoms with Gasteiger partial charge in [0.25, 0.3) is 0 Å². The van der Waals surface area contributed by atoms with Crippen molar-refractivity contribution in [3.63, 3.8) is 0 Å². The van der Waals surface area contributed by atoms with E-state index in [1.807, 2.05) is 18.2 Å². The number of hydrogen-bond donors (Lipinski definition) is 1. The Morgan fingerprint density at radius 1 is 1.42 bits per heavy atom. The van der Waals surface area contributed by atoms with Crippen LogP contribution >= 0.6 is 0 Å². The molecule has 1 amide bonds. The first-order chi connectivity index (χ1) is 11.7. The maximum Gasteiger partial charge on any atom is 0.234 e. The summed E-state index contributed by atoms with van der Waals surface area (Å²) >= 11 is 0. The molecular formula is C19H29N3O2. The number of aromatic nitrogens is 1. The van der Waals surface area contributed by atoms with E-state index >= 15 is 0 Å². The molecule has 2 aliphatic carbocycles. The molecule has 1 aromatic rings. The van der Waals surface area contributed by atoms with E-state index in [1.165, 1.54) is 25.7 Å². The molecule has 2 atom stereocenters. The van der Waals surface area contributed by atoms with Crippen molar-refractivity contribution in [3.8, 4) is 0 Å². The van der Waals surface area contributed by atoms with Crippen molar-refractivity contribution >= 4 is 5.91 Å². The van der Waals surface area contributed by atoms with Crippen molar-refractivity contribution in [3.05, 3.63) is 30.1 Å². The summed E-state index contributed by atoms with van der Waals surface area (Å²) in [6, 6.07) is 6.21. The Balaban J connectivity index is 1.51. The number of nitrogens with one attached hydrogen (secondary N) is 1. The van der Waals surface area contributed by atoms with Crippen LogP contribution in [-0.2, 0) is 16.1 Å². The molecule has 2 saturated carbocycles. The summed E-state index contributed by atoms with van der Waals surface area (Å²) < 4.78 is 5.97. The van der Waals surface area contributed by atoms with Gasteiger partial charge in [0.15, 0.2) is 0 Å². The lowest BCUT2D eigenvalue weighted by Gasteiger charge is -2.57. The zero-order valence-corrected chi connectivity index (χ0v) is 14.8. The second kappa shape index (κ2) is 7.62. The highest BCUT2D eigenvalue weighted by Crippen LogP contribution is 2.56. The van der Waals surface area contributed by atoms with Crippen molar-refractivity contribution in [1.29, 1.82) is 0 Å². The Morgan fingerprint density at radius 3 is 2.88 bits per heavy atom. The van der Waals surface area contributed by atoms with Crippen LogP contribution in [0.2, 0.25) is 0 Å². The fourth-order valence-corrected chi connectivity index (χ4v) is 4.55. The third-order valence-electron chi connectivity index (χ3n) is 5.76. The maximum atomic E-state index is 12.3. The van der Waals surface area contributed by atoms with E-state index in [-0.39, 0.29) is 11.3 Å². The number of amides is 1. The second-order valence-corrected chi connectivity index (χ2v) is 7.15. The Hall–Kier alpha value is -1.46. The van der Waals surface area contributed by atoms with Gasteiger partial charge < -0.3 is 10.1 Å². The molecule has 0 aromatic carbocycles. The van der Waals surface area contributed by atoms with E-state index in [9.17, 15) is 4.79 Å². The molecule has 1 N–H and O–H groups in total. The highest BCUT2D eigenvalue weighted by molar-refractivity contribution is 5.78. The van der Waals surface area contributed by atoms with Gasteiger partial charge in [-0.05, 0) is 45.4 Å². The van der Waals surface area contributed by atoms with Gasteiger partial charge in [-0.15, -0.1) is 0 Å². The standard InChI is InChI=1S/C19H29N3O2/c1-3-24-17-12-16(19(17)9-5-6-10-19)22(2)14-18(23)21-13-15-8-4-7-11-20-15/h4,7-8,11,16-17H,3,5-6,9-10,12-14H2,1-2H3,(H,21,23). The molecule has 1 heterocycles. The van der Waals surface area contributed by atoms with Gasteiger partial charge in [0.1, 0.15) is 0 Å². The Morgan fingerprint density at radius 2 is 2.21 bits per heavy atom. The SMILES string of the molecule is CCOC1CC(N(C)CC(=O)NCc2ccccn2)C12CCCC2. The number of likely N-dealkylation sites (N-methyl/N-ethyl adjacent to an activating group) is 1. The van der Waals surface area contributed by atoms with Crippen molar-refractivity contribution in [1.82, 2.24) is 15.2 Å². The van der Waals surface area contributed by atoms with Gasteiger partial charge in [-0.2, -0.15) is 0 Å². The zero-order valence-electron chi connectivity index (χ0n) is 14.8. The van der Waals surface area contributed by atoms with Crippen LogP contribution in [0.4, 0.5) is 0 Å². The van der Waals surface area contributed by atoms with Crippen molar-refractivity contribution < 1.29 is 9.53 Å². The third-order valence-corrected chi connectivity index (χ3v) is 5.76. The average Bonchev–Trinajstić information content (AvgIpc) is 3.10. The molecule has 2 aliphatic rings. The molecule has 3 rings (SSSR count). The quantitative estimate of drug-likeness (QED) is 0.833. The summed E-state index contributed by atoms with van der Waals surface area (Å²) in [7, 11) is 2.08. The van der Waals surface area contributed by atoms with Crippen molar-refractivity contribution in [2.24, 2.45) is 5.41 Å². The fraction of sp³-hybridized carbons (Fsp3) is 0.684. The van der Waals surface area contributed by atoms with E-state index in [0.717, 1.165) is 18.7 Å². The first-order valence-electron chi connectivity index (χ1n) is 9.14. The van der Waals surface area contributed by atoms with Gasteiger partial charge in [-0.1, -0.05) is 18.9 Å². The van der Waals surface area contributed by atoms with Crippen LogP contribution in [0, 0.1) is 5.41 Å². The number of pyridine rings is 1. The minimum atomic E-state index is 0.0659. The predicted octanol–water partition coefficient (Wildman–Crippen LogP) is 2.37. The predicted molar refractivity (Wildman–Crippen MR) is 93.4 cm³/mol. The van der Waals surface area contributed by atoms with Crippen LogP contribution in [0.25, 0.3) is 0 Å². The molecule has 2 unspecified atom stereocenters. The van der Waals surface area contributed by atoms with Gasteiger partial charge in [0, 0.05) is 24.3 Å². The smallest absolute Gasteiger partial charge is 0.234 e. The first kappa shape index (κ1) is 17.4. The van der Waals surface area contributed by atoms with Crippen LogP contribution in [0.15, 0.2) is 24.4 Å². The molecule has 24 heavy (non-hydrogen) atoms. The second-order valence-electron chi connectivity index (χ2n) is 7.15.